The van der Waals surface area contributed by atoms with Gasteiger partial charge in [-0.15, -0.1) is 0 Å². The zero-order valence-corrected chi connectivity index (χ0v) is 14.4. The number of hydrogen-bond donors (Lipinski definition) is 1. The quantitative estimate of drug-likeness (QED) is 0.767. The highest BCUT2D eigenvalue weighted by Crippen LogP contribution is 2.30. The molecule has 1 aliphatic heterocycles. The summed E-state index contributed by atoms with van der Waals surface area (Å²) in [6, 6.07) is 10.1. The minimum absolute atomic E-state index is 0.00371. The average Bonchev–Trinajstić information content (AvgIpc) is 3.12. The number of aryl methyl sites for hydroxylation is 1. The van der Waals surface area contributed by atoms with Crippen molar-refractivity contribution in [2.75, 3.05) is 31.1 Å². The Labute approximate surface area is 150 Å². The summed E-state index contributed by atoms with van der Waals surface area (Å²) in [4.78, 5) is 21.0. The molecule has 2 aromatic heterocycles. The van der Waals surface area contributed by atoms with Gasteiger partial charge in [0.05, 0.1) is 28.5 Å². The third-order valence-electron chi connectivity index (χ3n) is 4.81. The van der Waals surface area contributed by atoms with E-state index >= 15 is 0 Å². The Hall–Kier alpha value is -3.40. The molecule has 3 heterocycles. The molecule has 7 nitrogen and oxygen atoms in total. The van der Waals surface area contributed by atoms with E-state index in [1.807, 2.05) is 36.1 Å². The fourth-order valence-corrected chi connectivity index (χ4v) is 3.42. The van der Waals surface area contributed by atoms with E-state index in [0.29, 0.717) is 37.3 Å². The van der Waals surface area contributed by atoms with Gasteiger partial charge in [0.2, 0.25) is 0 Å². The van der Waals surface area contributed by atoms with Crippen molar-refractivity contribution < 1.29 is 4.79 Å². The minimum Gasteiger partial charge on any atom is -0.366 e. The number of piperazine rings is 1. The molecule has 0 atom stereocenters. The predicted molar refractivity (Wildman–Crippen MR) is 97.9 cm³/mol. The van der Waals surface area contributed by atoms with E-state index in [0.717, 1.165) is 22.3 Å². The maximum Gasteiger partial charge on any atom is 0.257 e. The lowest BCUT2D eigenvalue weighted by molar-refractivity contribution is 0.0746. The van der Waals surface area contributed by atoms with Crippen molar-refractivity contribution in [1.29, 1.82) is 5.26 Å². The van der Waals surface area contributed by atoms with Crippen molar-refractivity contribution in [3.05, 3.63) is 53.5 Å². The number of aromatic nitrogens is 3. The summed E-state index contributed by atoms with van der Waals surface area (Å²) >= 11 is 0. The lowest BCUT2D eigenvalue weighted by Gasteiger charge is -2.36. The molecular formula is C19H18N6O. The first kappa shape index (κ1) is 16.1. The van der Waals surface area contributed by atoms with Crippen molar-refractivity contribution in [1.82, 2.24) is 20.1 Å². The van der Waals surface area contributed by atoms with Crippen molar-refractivity contribution >= 4 is 22.5 Å². The maximum absolute atomic E-state index is 12.6. The standard InChI is InChI=1S/C19H18N6O/c1-13-16(12-22-23-13)19(26)25-8-6-24(7-9-25)18-14(10-20)11-21-17-5-3-2-4-15(17)18/h2-5,11-12H,6-9H2,1H3,(H,22,23). The van der Waals surface area contributed by atoms with Crippen molar-refractivity contribution in [2.24, 2.45) is 0 Å². The van der Waals surface area contributed by atoms with E-state index in [2.05, 4.69) is 26.2 Å². The number of hydrogen-bond acceptors (Lipinski definition) is 5. The molecule has 3 aromatic rings. The molecule has 1 aliphatic rings. The van der Waals surface area contributed by atoms with Gasteiger partial charge in [0.25, 0.3) is 5.91 Å². The highest BCUT2D eigenvalue weighted by molar-refractivity contribution is 5.96. The Morgan fingerprint density at radius 2 is 1.96 bits per heavy atom. The molecule has 0 saturated carbocycles. The third-order valence-corrected chi connectivity index (χ3v) is 4.81. The van der Waals surface area contributed by atoms with Gasteiger partial charge in [0.15, 0.2) is 0 Å². The molecule has 4 rings (SSSR count). The summed E-state index contributed by atoms with van der Waals surface area (Å²) in [7, 11) is 0. The van der Waals surface area contributed by atoms with Gasteiger partial charge in [0, 0.05) is 43.5 Å². The Balaban J connectivity index is 1.59. The van der Waals surface area contributed by atoms with Crippen LogP contribution in [0, 0.1) is 18.3 Å². The molecule has 7 heteroatoms. The van der Waals surface area contributed by atoms with Gasteiger partial charge in [-0.25, -0.2) is 0 Å². The number of H-pyrrole nitrogens is 1. The molecule has 0 bridgehead atoms. The summed E-state index contributed by atoms with van der Waals surface area (Å²) in [5, 5.41) is 17.2. The number of rotatable bonds is 2. The van der Waals surface area contributed by atoms with Crippen LogP contribution >= 0.6 is 0 Å². The normalized spacial score (nSPS) is 14.5. The number of benzene rings is 1. The molecule has 1 N–H and O–H groups in total. The van der Waals surface area contributed by atoms with Gasteiger partial charge >= 0.3 is 0 Å². The summed E-state index contributed by atoms with van der Waals surface area (Å²) in [6.07, 6.45) is 3.21. The van der Waals surface area contributed by atoms with Crippen molar-refractivity contribution in [2.45, 2.75) is 6.92 Å². The van der Waals surface area contributed by atoms with E-state index in [1.54, 1.807) is 12.4 Å². The number of anilines is 1. The zero-order valence-electron chi connectivity index (χ0n) is 14.4. The number of carbonyl (C=O) groups excluding carboxylic acids is 1. The molecule has 1 saturated heterocycles. The van der Waals surface area contributed by atoms with E-state index in [4.69, 9.17) is 0 Å². The lowest BCUT2D eigenvalue weighted by Crippen LogP contribution is -2.49. The highest BCUT2D eigenvalue weighted by atomic mass is 16.2. The molecule has 0 spiro atoms. The first-order valence-electron chi connectivity index (χ1n) is 8.51. The first-order chi connectivity index (χ1) is 12.7. The molecule has 0 unspecified atom stereocenters. The number of fused-ring (bicyclic) bond motifs is 1. The summed E-state index contributed by atoms with van der Waals surface area (Å²) < 4.78 is 0. The molecule has 1 amide bonds. The maximum atomic E-state index is 12.6. The van der Waals surface area contributed by atoms with Crippen LogP contribution in [-0.2, 0) is 0 Å². The Bertz CT molecular complexity index is 1010. The van der Waals surface area contributed by atoms with Crippen LogP contribution in [0.25, 0.3) is 10.9 Å². The number of aromatic amines is 1. The molecule has 0 radical (unpaired) electrons. The second kappa shape index (κ2) is 6.48. The number of amides is 1. The molecule has 1 aromatic carbocycles. The number of nitriles is 1. The Kier molecular flexibility index (Phi) is 4.01. The van der Waals surface area contributed by atoms with Crippen LogP contribution < -0.4 is 4.90 Å². The van der Waals surface area contributed by atoms with Crippen LogP contribution in [0.2, 0.25) is 0 Å². The van der Waals surface area contributed by atoms with Crippen molar-refractivity contribution in [3.8, 4) is 6.07 Å². The second-order valence-corrected chi connectivity index (χ2v) is 6.34. The first-order valence-corrected chi connectivity index (χ1v) is 8.51. The van der Waals surface area contributed by atoms with Gasteiger partial charge in [0.1, 0.15) is 6.07 Å². The fourth-order valence-electron chi connectivity index (χ4n) is 3.42. The SMILES string of the molecule is Cc1[nH]ncc1C(=O)N1CCN(c2c(C#N)cnc3ccccc23)CC1. The van der Waals surface area contributed by atoms with Crippen molar-refractivity contribution in [3.63, 3.8) is 0 Å². The van der Waals surface area contributed by atoms with Crippen LogP contribution in [0.5, 0.6) is 0 Å². The number of carbonyl (C=O) groups is 1. The lowest BCUT2D eigenvalue weighted by atomic mass is 10.1. The van der Waals surface area contributed by atoms with E-state index in [9.17, 15) is 10.1 Å². The van der Waals surface area contributed by atoms with Crippen LogP contribution in [0.4, 0.5) is 5.69 Å². The van der Waals surface area contributed by atoms with Crippen LogP contribution in [0.1, 0.15) is 21.6 Å². The molecule has 130 valence electrons. The zero-order chi connectivity index (χ0) is 18.1. The average molecular weight is 346 g/mol. The highest BCUT2D eigenvalue weighted by Gasteiger charge is 2.26. The topological polar surface area (TPSA) is 88.9 Å². The largest absolute Gasteiger partial charge is 0.366 e. The van der Waals surface area contributed by atoms with Gasteiger partial charge in [-0.1, -0.05) is 18.2 Å². The van der Waals surface area contributed by atoms with Crippen LogP contribution in [-0.4, -0.2) is 52.2 Å². The van der Waals surface area contributed by atoms with Gasteiger partial charge in [-0.05, 0) is 13.0 Å². The Morgan fingerprint density at radius 1 is 1.19 bits per heavy atom. The predicted octanol–water partition coefficient (Wildman–Crippen LogP) is 2.10. The second-order valence-electron chi connectivity index (χ2n) is 6.34. The van der Waals surface area contributed by atoms with E-state index in [-0.39, 0.29) is 5.91 Å². The van der Waals surface area contributed by atoms with Gasteiger partial charge in [-0.3, -0.25) is 14.9 Å². The number of nitrogens with zero attached hydrogens (tertiary/aromatic N) is 5. The smallest absolute Gasteiger partial charge is 0.257 e. The van der Waals surface area contributed by atoms with Gasteiger partial charge in [-0.2, -0.15) is 10.4 Å². The number of nitrogens with one attached hydrogen (secondary N) is 1. The molecule has 1 fully saturated rings. The van der Waals surface area contributed by atoms with Crippen LogP contribution in [0.3, 0.4) is 0 Å². The monoisotopic (exact) mass is 346 g/mol. The van der Waals surface area contributed by atoms with Gasteiger partial charge < -0.3 is 9.80 Å². The molecule has 26 heavy (non-hydrogen) atoms. The summed E-state index contributed by atoms with van der Waals surface area (Å²) in [6.45, 7) is 4.39. The van der Waals surface area contributed by atoms with E-state index in [1.165, 1.54) is 0 Å². The van der Waals surface area contributed by atoms with E-state index < -0.39 is 0 Å². The number of para-hydroxylation sites is 1. The molecular weight excluding hydrogens is 328 g/mol. The third kappa shape index (κ3) is 2.65. The Morgan fingerprint density at radius 3 is 2.65 bits per heavy atom. The summed E-state index contributed by atoms with van der Waals surface area (Å²) in [5.74, 6) is -0.00371. The number of pyridine rings is 1. The minimum atomic E-state index is -0.00371. The van der Waals surface area contributed by atoms with Crippen LogP contribution in [0.15, 0.2) is 36.7 Å². The molecule has 0 aliphatic carbocycles. The summed E-state index contributed by atoms with van der Waals surface area (Å²) in [5.41, 5.74) is 3.74. The fraction of sp³-hybridized carbons (Fsp3) is 0.263.